The Morgan fingerprint density at radius 1 is 0.465 bits per heavy atom. The molecule has 0 saturated heterocycles. The minimum Gasteiger partial charge on any atom is -0.796 e. The average Bonchev–Trinajstić information content (AvgIpc) is 2.96. The molecule has 229 valence electrons. The van der Waals surface area contributed by atoms with E-state index in [1.54, 1.807) is 54.6 Å². The molecule has 0 fully saturated rings. The summed E-state index contributed by atoms with van der Waals surface area (Å²) in [5, 5.41) is 25.7. The molecule has 0 aliphatic carbocycles. The molecule has 3 aromatic rings. The van der Waals surface area contributed by atoms with Gasteiger partial charge in [0.15, 0.2) is 0 Å². The van der Waals surface area contributed by atoms with Gasteiger partial charge in [-0.15, -0.1) is 0 Å². The van der Waals surface area contributed by atoms with Gasteiger partial charge < -0.3 is 43.7 Å². The van der Waals surface area contributed by atoms with E-state index in [0.717, 1.165) is 0 Å². The van der Waals surface area contributed by atoms with E-state index in [1.165, 1.54) is 36.4 Å². The van der Waals surface area contributed by atoms with Gasteiger partial charge in [0, 0.05) is 40.6 Å². The number of rotatable bonds is 12. The second-order valence-corrected chi connectivity index (χ2v) is 15.6. The molecule has 1 radical (unpaired) electrons. The van der Waals surface area contributed by atoms with Crippen LogP contribution in [0.4, 0.5) is 0 Å². The molecule has 12 nitrogen and oxygen atoms in total. The second-order valence-electron chi connectivity index (χ2n) is 8.63. The molecule has 3 N–H and O–H groups in total. The summed E-state index contributed by atoms with van der Waals surface area (Å²) in [6.45, 7) is 0. The first-order valence-electron chi connectivity index (χ1n) is 12.3. The fraction of sp³-hybridized carbons (Fsp3) is 0.222. The SMILES string of the molecule is O=C(O)CCP(=O)([O-])c1ccccc1.O=C(O)CCP(=O)([O-])c1ccccc1.O=C(O)CCP(=O)([O-])c1ccccc1.[Ce+3]. The number of benzene rings is 3. The van der Waals surface area contributed by atoms with E-state index in [-0.39, 0.29) is 95.4 Å². The van der Waals surface area contributed by atoms with Crippen molar-refractivity contribution in [2.24, 2.45) is 0 Å². The van der Waals surface area contributed by atoms with Gasteiger partial charge in [0.2, 0.25) is 0 Å². The topological polar surface area (TPSA) is 232 Å². The summed E-state index contributed by atoms with van der Waals surface area (Å²) in [6, 6.07) is 23.6. The Hall–Kier alpha value is -1.98. The number of hydrogen-bond acceptors (Lipinski definition) is 9. The monoisotopic (exact) mass is 779 g/mol. The largest absolute Gasteiger partial charge is 3.00 e. The van der Waals surface area contributed by atoms with Crippen LogP contribution in [0.15, 0.2) is 91.0 Å². The Morgan fingerprint density at radius 3 is 0.814 bits per heavy atom. The maximum atomic E-state index is 11.5. The first kappa shape index (κ1) is 41.0. The van der Waals surface area contributed by atoms with Gasteiger partial charge in [-0.3, -0.25) is 14.4 Å². The molecule has 0 heterocycles. The first-order valence-corrected chi connectivity index (χ1v) is 17.7. The molecule has 3 rings (SSSR count). The van der Waals surface area contributed by atoms with Crippen LogP contribution in [0.25, 0.3) is 0 Å². The zero-order chi connectivity index (χ0) is 31.8. The third-order valence-corrected chi connectivity index (χ3v) is 11.0. The van der Waals surface area contributed by atoms with Crippen LogP contribution < -0.4 is 30.6 Å². The van der Waals surface area contributed by atoms with Crippen molar-refractivity contribution in [1.29, 1.82) is 0 Å². The smallest absolute Gasteiger partial charge is 0.796 e. The van der Waals surface area contributed by atoms with Gasteiger partial charge in [0.1, 0.15) is 0 Å². The maximum absolute atomic E-state index is 11.5. The summed E-state index contributed by atoms with van der Waals surface area (Å²) in [5.41, 5.74) is 0. The average molecular weight is 780 g/mol. The molecule has 0 saturated carbocycles. The third kappa shape index (κ3) is 17.2. The van der Waals surface area contributed by atoms with Gasteiger partial charge >= 0.3 is 59.7 Å². The first-order chi connectivity index (χ1) is 19.6. The van der Waals surface area contributed by atoms with Gasteiger partial charge in [-0.2, -0.15) is 0 Å². The van der Waals surface area contributed by atoms with Crippen molar-refractivity contribution in [2.45, 2.75) is 19.3 Å². The van der Waals surface area contributed by atoms with Crippen molar-refractivity contribution in [3.05, 3.63) is 91.0 Å². The summed E-state index contributed by atoms with van der Waals surface area (Å²) in [4.78, 5) is 65.2. The van der Waals surface area contributed by atoms with E-state index < -0.39 is 40.0 Å². The summed E-state index contributed by atoms with van der Waals surface area (Å²) in [7, 11) is -11.2. The Morgan fingerprint density at radius 2 is 0.651 bits per heavy atom. The van der Waals surface area contributed by atoms with Gasteiger partial charge in [-0.05, 0) is 15.9 Å². The number of carboxylic acid groups (broad SMARTS) is 3. The fourth-order valence-electron chi connectivity index (χ4n) is 3.08. The molecular weight excluding hydrogens is 749 g/mol. The summed E-state index contributed by atoms with van der Waals surface area (Å²) in [5.74, 6) is -3.30. The standard InChI is InChI=1S/3C9H11O4P.Ce/c3*10-9(11)6-7-14(12,13)8-4-2-1-3-5-8;/h3*1-5H,6-7H2,(H,10,11)(H,12,13);/q;;;+3/p-3. The van der Waals surface area contributed by atoms with E-state index >= 15 is 0 Å². The molecule has 3 aromatic carbocycles. The van der Waals surface area contributed by atoms with Crippen LogP contribution >= 0.6 is 22.1 Å². The number of hydrogen-bond donors (Lipinski definition) is 3. The molecule has 16 heteroatoms. The quantitative estimate of drug-likeness (QED) is 0.221. The summed E-state index contributed by atoms with van der Waals surface area (Å²) >= 11 is 0. The summed E-state index contributed by atoms with van der Waals surface area (Å²) < 4.78 is 34.5. The second kappa shape index (κ2) is 20.1. The van der Waals surface area contributed by atoms with E-state index in [4.69, 9.17) is 15.3 Å². The Balaban J connectivity index is 0.000000608. The molecule has 0 aliphatic rings. The number of carboxylic acids is 3. The Bertz CT molecular complexity index is 1260. The van der Waals surface area contributed by atoms with E-state index in [0.29, 0.717) is 0 Å². The molecule has 3 atom stereocenters. The van der Waals surface area contributed by atoms with Gasteiger partial charge in [0.25, 0.3) is 0 Å². The third-order valence-electron chi connectivity index (χ3n) is 5.31. The zero-order valence-electron chi connectivity index (χ0n) is 22.8. The fourth-order valence-corrected chi connectivity index (χ4v) is 7.19. The van der Waals surface area contributed by atoms with Gasteiger partial charge in [-0.25, -0.2) is 0 Å². The van der Waals surface area contributed by atoms with Crippen LogP contribution in [0, 0.1) is 41.7 Å². The van der Waals surface area contributed by atoms with Crippen LogP contribution in [0.2, 0.25) is 0 Å². The predicted molar refractivity (Wildman–Crippen MR) is 152 cm³/mol. The van der Waals surface area contributed by atoms with Crippen LogP contribution in [-0.4, -0.2) is 51.7 Å². The normalized spacial score (nSPS) is 14.3. The molecule has 3 unspecified atom stereocenters. The van der Waals surface area contributed by atoms with Crippen molar-refractivity contribution in [1.82, 2.24) is 0 Å². The number of carbonyl (C=O) groups is 3. The molecule has 0 spiro atoms. The van der Waals surface area contributed by atoms with E-state index in [1.807, 2.05) is 0 Å². The minimum absolute atomic E-state index is 0. The molecule has 0 bridgehead atoms. The van der Waals surface area contributed by atoms with Gasteiger partial charge in [-0.1, -0.05) is 91.0 Å². The molecular formula is C27H30CeO12P3. The van der Waals surface area contributed by atoms with Crippen molar-refractivity contribution in [3.63, 3.8) is 0 Å². The van der Waals surface area contributed by atoms with Crippen LogP contribution in [0.5, 0.6) is 0 Å². The number of aliphatic carboxylic acids is 3. The Labute approximate surface area is 282 Å². The molecule has 0 aromatic heterocycles. The Kier molecular flexibility index (Phi) is 19.2. The minimum atomic E-state index is -3.73. The zero-order valence-corrected chi connectivity index (χ0v) is 28.6. The van der Waals surface area contributed by atoms with Crippen molar-refractivity contribution >= 4 is 55.9 Å². The van der Waals surface area contributed by atoms with Crippen LogP contribution in [-0.2, 0) is 28.1 Å². The molecule has 0 aliphatic heterocycles. The molecule has 43 heavy (non-hydrogen) atoms. The van der Waals surface area contributed by atoms with E-state index in [2.05, 4.69) is 0 Å². The van der Waals surface area contributed by atoms with E-state index in [9.17, 15) is 42.8 Å². The van der Waals surface area contributed by atoms with Crippen molar-refractivity contribution in [3.8, 4) is 0 Å². The van der Waals surface area contributed by atoms with Crippen LogP contribution in [0.3, 0.4) is 0 Å². The van der Waals surface area contributed by atoms with Crippen molar-refractivity contribution < 1.29 is 99.8 Å². The van der Waals surface area contributed by atoms with Crippen LogP contribution in [0.1, 0.15) is 19.3 Å². The molecule has 0 amide bonds. The summed E-state index contributed by atoms with van der Waals surface area (Å²) in [6.07, 6.45) is -2.04. The van der Waals surface area contributed by atoms with Gasteiger partial charge in [0.05, 0.1) is 19.3 Å². The predicted octanol–water partition coefficient (Wildman–Crippen LogP) is 1.28. The maximum Gasteiger partial charge on any atom is 3.00 e. The van der Waals surface area contributed by atoms with Crippen molar-refractivity contribution in [2.75, 3.05) is 18.5 Å².